The first-order chi connectivity index (χ1) is 9.62. The van der Waals surface area contributed by atoms with Crippen LogP contribution in [0.15, 0.2) is 0 Å². The lowest BCUT2D eigenvalue weighted by Crippen LogP contribution is -2.35. The van der Waals surface area contributed by atoms with Gasteiger partial charge in [0.15, 0.2) is 0 Å². The van der Waals surface area contributed by atoms with Crippen LogP contribution in [0.4, 0.5) is 11.9 Å². The van der Waals surface area contributed by atoms with E-state index in [1.54, 1.807) is 0 Å². The summed E-state index contributed by atoms with van der Waals surface area (Å²) in [7, 11) is 0. The Morgan fingerprint density at radius 2 is 2.00 bits per heavy atom. The van der Waals surface area contributed by atoms with E-state index in [0.717, 1.165) is 13.0 Å². The average Bonchev–Trinajstić information content (AvgIpc) is 2.42. The molecule has 0 aliphatic rings. The number of nitrogens with one attached hydrogen (secondary N) is 1. The molecule has 2 N–H and O–H groups in total. The number of ether oxygens (including phenoxy) is 1. The minimum atomic E-state index is 0.0472. The van der Waals surface area contributed by atoms with Gasteiger partial charge in [0, 0.05) is 19.1 Å². The Morgan fingerprint density at radius 3 is 2.55 bits per heavy atom. The molecule has 0 saturated heterocycles. The van der Waals surface area contributed by atoms with Gasteiger partial charge in [0.2, 0.25) is 11.9 Å². The number of aliphatic hydroxyl groups is 1. The van der Waals surface area contributed by atoms with Crippen molar-refractivity contribution in [2.75, 3.05) is 36.5 Å². The summed E-state index contributed by atoms with van der Waals surface area (Å²) in [5, 5.41) is 12.3. The minimum absolute atomic E-state index is 0.0472. The molecule has 0 aliphatic heterocycles. The zero-order valence-electron chi connectivity index (χ0n) is 12.8. The van der Waals surface area contributed by atoms with Gasteiger partial charge in [0.1, 0.15) is 0 Å². The van der Waals surface area contributed by atoms with E-state index in [1.807, 2.05) is 25.7 Å². The third-order valence-electron chi connectivity index (χ3n) is 2.63. The molecule has 114 valence electrons. The Bertz CT molecular complexity index is 400. The molecule has 0 fully saturated rings. The summed E-state index contributed by atoms with van der Waals surface area (Å²) >= 11 is 0. The maximum Gasteiger partial charge on any atom is 0.323 e. The van der Waals surface area contributed by atoms with Crippen LogP contribution in [-0.4, -0.2) is 52.4 Å². The molecule has 7 nitrogen and oxygen atoms in total. The number of hydrogen-bond donors (Lipinski definition) is 2. The van der Waals surface area contributed by atoms with Crippen molar-refractivity contribution in [2.45, 2.75) is 40.2 Å². The molecule has 0 bridgehead atoms. The fourth-order valence-corrected chi connectivity index (χ4v) is 1.68. The van der Waals surface area contributed by atoms with Gasteiger partial charge in [0.05, 0.1) is 13.2 Å². The Hall–Kier alpha value is -1.63. The highest BCUT2D eigenvalue weighted by atomic mass is 16.5. The Morgan fingerprint density at radius 1 is 1.25 bits per heavy atom. The van der Waals surface area contributed by atoms with Crippen molar-refractivity contribution in [3.8, 4) is 6.01 Å². The summed E-state index contributed by atoms with van der Waals surface area (Å²) in [5.41, 5.74) is 0. The number of anilines is 2. The predicted octanol–water partition coefficient (Wildman–Crippen LogP) is 1.30. The van der Waals surface area contributed by atoms with Gasteiger partial charge in [-0.3, -0.25) is 0 Å². The monoisotopic (exact) mass is 283 g/mol. The van der Waals surface area contributed by atoms with Crippen LogP contribution in [-0.2, 0) is 0 Å². The number of aliphatic hydroxyl groups excluding tert-OH is 1. The highest BCUT2D eigenvalue weighted by molar-refractivity contribution is 5.39. The summed E-state index contributed by atoms with van der Waals surface area (Å²) in [6, 6.07) is 0.484. The molecule has 0 radical (unpaired) electrons. The van der Waals surface area contributed by atoms with Crippen molar-refractivity contribution >= 4 is 11.9 Å². The minimum Gasteiger partial charge on any atom is -0.464 e. The Labute approximate surface area is 120 Å². The first-order valence-electron chi connectivity index (χ1n) is 7.12. The Balaban J connectivity index is 3.04. The fourth-order valence-electron chi connectivity index (χ4n) is 1.68. The van der Waals surface area contributed by atoms with Gasteiger partial charge in [-0.15, -0.1) is 0 Å². The van der Waals surface area contributed by atoms with Crippen LogP contribution in [0.1, 0.15) is 34.1 Å². The van der Waals surface area contributed by atoms with Crippen LogP contribution in [0.3, 0.4) is 0 Å². The molecule has 1 heterocycles. The second-order valence-electron chi connectivity index (χ2n) is 4.61. The van der Waals surface area contributed by atoms with Crippen LogP contribution in [0.25, 0.3) is 0 Å². The van der Waals surface area contributed by atoms with Crippen molar-refractivity contribution in [3.63, 3.8) is 0 Å². The smallest absolute Gasteiger partial charge is 0.323 e. The van der Waals surface area contributed by atoms with Gasteiger partial charge in [-0.05, 0) is 27.2 Å². The zero-order valence-corrected chi connectivity index (χ0v) is 12.8. The van der Waals surface area contributed by atoms with Crippen molar-refractivity contribution in [1.29, 1.82) is 0 Å². The third-order valence-corrected chi connectivity index (χ3v) is 2.63. The summed E-state index contributed by atoms with van der Waals surface area (Å²) in [6.45, 7) is 9.82. The van der Waals surface area contributed by atoms with E-state index in [9.17, 15) is 5.11 Å². The molecule has 0 spiro atoms. The summed E-state index contributed by atoms with van der Waals surface area (Å²) in [5.74, 6) is 1.02. The van der Waals surface area contributed by atoms with E-state index in [2.05, 4.69) is 27.2 Å². The number of aromatic nitrogens is 3. The summed E-state index contributed by atoms with van der Waals surface area (Å²) in [4.78, 5) is 14.8. The van der Waals surface area contributed by atoms with Crippen molar-refractivity contribution < 1.29 is 9.84 Å². The molecule has 20 heavy (non-hydrogen) atoms. The standard InChI is InChI=1S/C13H25N5O2/c1-5-7-14-11-15-12(17-13(16-11)20-6-2)18(8-9-19)10(3)4/h10,19H,5-9H2,1-4H3,(H,14,15,16,17). The SMILES string of the molecule is CCCNc1nc(OCC)nc(N(CCO)C(C)C)n1. The van der Waals surface area contributed by atoms with Gasteiger partial charge in [-0.25, -0.2) is 0 Å². The summed E-state index contributed by atoms with van der Waals surface area (Å²) in [6.07, 6.45) is 0.982. The van der Waals surface area contributed by atoms with Gasteiger partial charge >= 0.3 is 6.01 Å². The molecule has 0 aromatic carbocycles. The van der Waals surface area contributed by atoms with Crippen LogP contribution >= 0.6 is 0 Å². The van der Waals surface area contributed by atoms with E-state index < -0.39 is 0 Å². The van der Waals surface area contributed by atoms with Gasteiger partial charge in [-0.1, -0.05) is 6.92 Å². The maximum atomic E-state index is 9.17. The lowest BCUT2D eigenvalue weighted by atomic mass is 10.3. The molecular formula is C13H25N5O2. The third kappa shape index (κ3) is 4.80. The second-order valence-corrected chi connectivity index (χ2v) is 4.61. The lowest BCUT2D eigenvalue weighted by molar-refractivity contribution is 0.295. The van der Waals surface area contributed by atoms with Crippen molar-refractivity contribution in [3.05, 3.63) is 0 Å². The highest BCUT2D eigenvalue weighted by Gasteiger charge is 2.16. The molecule has 0 unspecified atom stereocenters. The molecule has 0 saturated carbocycles. The number of hydrogen-bond acceptors (Lipinski definition) is 7. The van der Waals surface area contributed by atoms with E-state index in [1.165, 1.54) is 0 Å². The van der Waals surface area contributed by atoms with E-state index in [-0.39, 0.29) is 12.6 Å². The van der Waals surface area contributed by atoms with Crippen molar-refractivity contribution in [1.82, 2.24) is 15.0 Å². The average molecular weight is 283 g/mol. The molecule has 1 aromatic rings. The maximum absolute atomic E-state index is 9.17. The molecule has 0 atom stereocenters. The van der Waals surface area contributed by atoms with Crippen LogP contribution < -0.4 is 15.0 Å². The highest BCUT2D eigenvalue weighted by Crippen LogP contribution is 2.17. The lowest BCUT2D eigenvalue weighted by Gasteiger charge is -2.26. The number of nitrogens with zero attached hydrogens (tertiary/aromatic N) is 4. The van der Waals surface area contributed by atoms with Gasteiger partial charge < -0.3 is 20.1 Å². The zero-order chi connectivity index (χ0) is 15.0. The molecule has 7 heteroatoms. The summed E-state index contributed by atoms with van der Waals surface area (Å²) < 4.78 is 5.38. The van der Waals surface area contributed by atoms with Gasteiger partial charge in [-0.2, -0.15) is 15.0 Å². The molecule has 0 amide bonds. The largest absolute Gasteiger partial charge is 0.464 e. The molecule has 1 aromatic heterocycles. The quantitative estimate of drug-likeness (QED) is 0.706. The molecule has 1 rings (SSSR count). The van der Waals surface area contributed by atoms with Crippen LogP contribution in [0.5, 0.6) is 6.01 Å². The van der Waals surface area contributed by atoms with Gasteiger partial charge in [0.25, 0.3) is 0 Å². The van der Waals surface area contributed by atoms with Crippen LogP contribution in [0.2, 0.25) is 0 Å². The fraction of sp³-hybridized carbons (Fsp3) is 0.769. The van der Waals surface area contributed by atoms with Crippen molar-refractivity contribution in [2.24, 2.45) is 0 Å². The van der Waals surface area contributed by atoms with Crippen LogP contribution in [0, 0.1) is 0 Å². The normalized spacial score (nSPS) is 10.7. The molecule has 0 aliphatic carbocycles. The number of rotatable bonds is 9. The predicted molar refractivity (Wildman–Crippen MR) is 79.3 cm³/mol. The molecular weight excluding hydrogens is 258 g/mol. The van der Waals surface area contributed by atoms with E-state index in [4.69, 9.17) is 4.74 Å². The van der Waals surface area contributed by atoms with E-state index in [0.29, 0.717) is 31.1 Å². The topological polar surface area (TPSA) is 83.4 Å². The van der Waals surface area contributed by atoms with E-state index >= 15 is 0 Å². The first kappa shape index (κ1) is 16.4. The first-order valence-corrected chi connectivity index (χ1v) is 7.12. The second kappa shape index (κ2) is 8.52. The Kier molecular flexibility index (Phi) is 7.00.